The van der Waals surface area contributed by atoms with E-state index in [1.54, 1.807) is 18.0 Å². The number of nitrogens with zero attached hydrogens (tertiary/aromatic N) is 3. The largest absolute Gasteiger partial charge is 0.336 e. The first-order valence-electron chi connectivity index (χ1n) is 6.79. The van der Waals surface area contributed by atoms with Gasteiger partial charge in [0.1, 0.15) is 11.9 Å². The number of amides is 1. The van der Waals surface area contributed by atoms with E-state index in [0.717, 1.165) is 37.6 Å². The van der Waals surface area contributed by atoms with E-state index in [2.05, 4.69) is 17.2 Å². The number of aromatic nitrogens is 2. The molecular weight excluding hydrogens is 296 g/mol. The Balaban J connectivity index is 0.00000200. The molecule has 7 heteroatoms. The van der Waals surface area contributed by atoms with Gasteiger partial charge < -0.3 is 14.8 Å². The van der Waals surface area contributed by atoms with Gasteiger partial charge in [0.25, 0.3) is 0 Å². The predicted octanol–water partition coefficient (Wildman–Crippen LogP) is 1.46. The highest BCUT2D eigenvalue weighted by Crippen LogP contribution is 2.21. The summed E-state index contributed by atoms with van der Waals surface area (Å²) in [6.07, 6.45) is 4.83. The Morgan fingerprint density at radius 2 is 2.40 bits per heavy atom. The van der Waals surface area contributed by atoms with Crippen molar-refractivity contribution in [1.29, 1.82) is 0 Å². The molecule has 114 valence electrons. The van der Waals surface area contributed by atoms with Gasteiger partial charge in [-0.05, 0) is 12.2 Å². The van der Waals surface area contributed by atoms with Crippen molar-refractivity contribution >= 4 is 30.1 Å². The van der Waals surface area contributed by atoms with Gasteiger partial charge in [-0.15, -0.1) is 12.4 Å². The molecule has 1 saturated heterocycles. The molecule has 1 fully saturated rings. The number of hydrogen-bond acceptors (Lipinski definition) is 4. The number of piperazine rings is 1. The lowest BCUT2D eigenvalue weighted by Gasteiger charge is -2.35. The Labute approximate surface area is 130 Å². The molecule has 5 nitrogen and oxygen atoms in total. The van der Waals surface area contributed by atoms with Crippen LogP contribution in [0.25, 0.3) is 0 Å². The number of thioether (sulfide) groups is 1. The van der Waals surface area contributed by atoms with Gasteiger partial charge in [0.2, 0.25) is 5.91 Å². The molecule has 0 saturated carbocycles. The van der Waals surface area contributed by atoms with E-state index in [9.17, 15) is 4.79 Å². The Kier molecular flexibility index (Phi) is 7.40. The molecule has 1 unspecified atom stereocenters. The second kappa shape index (κ2) is 8.54. The van der Waals surface area contributed by atoms with Gasteiger partial charge in [0.15, 0.2) is 0 Å². The standard InChI is InChI=1S/C13H22N4OS.ClH/c1-3-8-19-10-12(18)17-7-4-14-9-11(17)13-15-5-6-16(13)2;/h5-6,11,14H,3-4,7-10H2,1-2H3;1H. The normalized spacial score (nSPS) is 18.7. The van der Waals surface area contributed by atoms with Crippen LogP contribution in [0.15, 0.2) is 12.4 Å². The van der Waals surface area contributed by atoms with Crippen molar-refractivity contribution < 1.29 is 4.79 Å². The summed E-state index contributed by atoms with van der Waals surface area (Å²) in [6.45, 7) is 4.56. The van der Waals surface area contributed by atoms with Crippen LogP contribution >= 0.6 is 24.2 Å². The summed E-state index contributed by atoms with van der Waals surface area (Å²) in [5.74, 6) is 2.81. The average molecular weight is 319 g/mol. The van der Waals surface area contributed by atoms with Crippen LogP contribution in [0.4, 0.5) is 0 Å². The highest BCUT2D eigenvalue weighted by molar-refractivity contribution is 7.99. The Morgan fingerprint density at radius 1 is 1.60 bits per heavy atom. The molecule has 1 aliphatic rings. The summed E-state index contributed by atoms with van der Waals surface area (Å²) in [5.41, 5.74) is 0. The van der Waals surface area contributed by atoms with Crippen LogP contribution in [-0.2, 0) is 11.8 Å². The summed E-state index contributed by atoms with van der Waals surface area (Å²) < 4.78 is 2.00. The molecule has 0 radical (unpaired) electrons. The maximum absolute atomic E-state index is 12.3. The molecule has 2 heterocycles. The third-order valence-corrected chi connectivity index (χ3v) is 4.44. The molecule has 0 aliphatic carbocycles. The van der Waals surface area contributed by atoms with Crippen LogP contribution in [0.3, 0.4) is 0 Å². The molecule has 1 N–H and O–H groups in total. The molecule has 0 bridgehead atoms. The number of rotatable bonds is 5. The zero-order chi connectivity index (χ0) is 13.7. The van der Waals surface area contributed by atoms with E-state index < -0.39 is 0 Å². The maximum atomic E-state index is 12.3. The SMILES string of the molecule is CCCSCC(=O)N1CCNCC1c1nccn1C.Cl. The van der Waals surface area contributed by atoms with E-state index >= 15 is 0 Å². The molecule has 20 heavy (non-hydrogen) atoms. The van der Waals surface area contributed by atoms with Gasteiger partial charge in [-0.3, -0.25) is 4.79 Å². The first-order valence-corrected chi connectivity index (χ1v) is 7.94. The number of aryl methyl sites for hydroxylation is 1. The molecule has 2 rings (SSSR count). The lowest BCUT2D eigenvalue weighted by Crippen LogP contribution is -2.50. The van der Waals surface area contributed by atoms with Crippen molar-refractivity contribution in [2.45, 2.75) is 19.4 Å². The smallest absolute Gasteiger partial charge is 0.233 e. The van der Waals surface area contributed by atoms with Gasteiger partial charge in [-0.1, -0.05) is 6.92 Å². The van der Waals surface area contributed by atoms with E-state index in [1.165, 1.54) is 0 Å². The summed E-state index contributed by atoms with van der Waals surface area (Å²) in [5, 5.41) is 3.35. The maximum Gasteiger partial charge on any atom is 0.233 e. The van der Waals surface area contributed by atoms with Crippen LogP contribution in [-0.4, -0.2) is 51.5 Å². The highest BCUT2D eigenvalue weighted by Gasteiger charge is 2.29. The van der Waals surface area contributed by atoms with Gasteiger partial charge in [-0.2, -0.15) is 11.8 Å². The van der Waals surface area contributed by atoms with Crippen LogP contribution < -0.4 is 5.32 Å². The van der Waals surface area contributed by atoms with E-state index in [4.69, 9.17) is 0 Å². The predicted molar refractivity (Wildman–Crippen MR) is 85.4 cm³/mol. The first-order chi connectivity index (χ1) is 9.24. The Morgan fingerprint density at radius 3 is 3.05 bits per heavy atom. The van der Waals surface area contributed by atoms with Gasteiger partial charge in [0.05, 0.1) is 5.75 Å². The number of halogens is 1. The summed E-state index contributed by atoms with van der Waals surface area (Å²) in [6, 6.07) is 0.0588. The number of carbonyl (C=O) groups is 1. The molecule has 1 aliphatic heterocycles. The monoisotopic (exact) mass is 318 g/mol. The molecule has 0 aromatic carbocycles. The fourth-order valence-corrected chi connectivity index (χ4v) is 3.09. The number of nitrogens with one attached hydrogen (secondary N) is 1. The zero-order valence-electron chi connectivity index (χ0n) is 12.0. The second-order valence-corrected chi connectivity index (χ2v) is 5.86. The quantitative estimate of drug-likeness (QED) is 0.835. The van der Waals surface area contributed by atoms with Gasteiger partial charge >= 0.3 is 0 Å². The third-order valence-electron chi connectivity index (χ3n) is 3.29. The minimum absolute atomic E-state index is 0. The van der Waals surface area contributed by atoms with Gasteiger partial charge in [-0.25, -0.2) is 4.98 Å². The number of imidazole rings is 1. The van der Waals surface area contributed by atoms with Crippen molar-refractivity contribution in [3.63, 3.8) is 0 Å². The highest BCUT2D eigenvalue weighted by atomic mass is 35.5. The fraction of sp³-hybridized carbons (Fsp3) is 0.692. The minimum Gasteiger partial charge on any atom is -0.336 e. The number of hydrogen-bond donors (Lipinski definition) is 1. The van der Waals surface area contributed by atoms with Crippen LogP contribution in [0, 0.1) is 0 Å². The van der Waals surface area contributed by atoms with Crippen molar-refractivity contribution in [3.8, 4) is 0 Å². The average Bonchev–Trinajstić information content (AvgIpc) is 2.85. The topological polar surface area (TPSA) is 50.2 Å². The fourth-order valence-electron chi connectivity index (χ4n) is 2.32. The Bertz CT molecular complexity index is 426. The van der Waals surface area contributed by atoms with Gasteiger partial charge in [0, 0.05) is 39.1 Å². The molecule has 1 aromatic heterocycles. The summed E-state index contributed by atoms with van der Waals surface area (Å²) in [7, 11) is 1.98. The number of carbonyl (C=O) groups excluding carboxylic acids is 1. The van der Waals surface area contributed by atoms with Crippen molar-refractivity contribution in [2.24, 2.45) is 7.05 Å². The van der Waals surface area contributed by atoms with Crippen LogP contribution in [0.1, 0.15) is 25.2 Å². The minimum atomic E-state index is 0. The van der Waals surface area contributed by atoms with Crippen molar-refractivity contribution in [1.82, 2.24) is 19.8 Å². The van der Waals surface area contributed by atoms with E-state index in [1.807, 2.05) is 22.7 Å². The third kappa shape index (κ3) is 4.14. The second-order valence-electron chi connectivity index (χ2n) is 4.76. The van der Waals surface area contributed by atoms with Crippen LogP contribution in [0.2, 0.25) is 0 Å². The Hall–Kier alpha value is -0.720. The lowest BCUT2D eigenvalue weighted by atomic mass is 10.1. The molecule has 1 amide bonds. The van der Waals surface area contributed by atoms with Crippen molar-refractivity contribution in [3.05, 3.63) is 18.2 Å². The van der Waals surface area contributed by atoms with E-state index in [-0.39, 0.29) is 24.4 Å². The zero-order valence-corrected chi connectivity index (χ0v) is 13.7. The summed E-state index contributed by atoms with van der Waals surface area (Å²) in [4.78, 5) is 18.7. The lowest BCUT2D eigenvalue weighted by molar-refractivity contribution is -0.131. The molecule has 1 atom stereocenters. The van der Waals surface area contributed by atoms with E-state index in [0.29, 0.717) is 5.75 Å². The molecule has 1 aromatic rings. The summed E-state index contributed by atoms with van der Waals surface area (Å²) >= 11 is 1.72. The molecule has 0 spiro atoms. The molecular formula is C13H23ClN4OS. The first kappa shape index (κ1) is 17.3. The van der Waals surface area contributed by atoms with Crippen molar-refractivity contribution in [2.75, 3.05) is 31.1 Å². The van der Waals surface area contributed by atoms with Crippen LogP contribution in [0.5, 0.6) is 0 Å².